The Bertz CT molecular complexity index is 1210. The van der Waals surface area contributed by atoms with Crippen LogP contribution in [0.2, 0.25) is 0 Å². The number of pyridine rings is 1. The molecule has 2 heterocycles. The molecule has 4 aromatic rings. The molecule has 0 atom stereocenters. The number of benzene rings is 2. The lowest BCUT2D eigenvalue weighted by Crippen LogP contribution is -2.07. The maximum atomic E-state index is 11.0. The van der Waals surface area contributed by atoms with E-state index >= 15 is 0 Å². The van der Waals surface area contributed by atoms with Crippen molar-refractivity contribution < 1.29 is 4.92 Å². The number of non-ortho nitro benzene ring substituents is 1. The summed E-state index contributed by atoms with van der Waals surface area (Å²) < 4.78 is 1.80. The molecule has 2 aromatic heterocycles. The highest BCUT2D eigenvalue weighted by Gasteiger charge is 2.11. The van der Waals surface area contributed by atoms with Crippen molar-refractivity contribution in [3.8, 4) is 11.8 Å². The molecule has 0 saturated heterocycles. The molecule has 0 bridgehead atoms. The first-order valence-corrected chi connectivity index (χ1v) is 8.96. The number of nitrogens with zero attached hydrogens (tertiary/aromatic N) is 5. The second-order valence-electron chi connectivity index (χ2n) is 6.42. The minimum absolute atomic E-state index is 0.0601. The van der Waals surface area contributed by atoms with Crippen molar-refractivity contribution in [1.82, 2.24) is 14.8 Å². The minimum atomic E-state index is -0.482. The van der Waals surface area contributed by atoms with E-state index in [4.69, 9.17) is 0 Å². The lowest BCUT2D eigenvalue weighted by molar-refractivity contribution is -0.384. The van der Waals surface area contributed by atoms with Gasteiger partial charge in [0.1, 0.15) is 5.82 Å². The molecule has 0 spiro atoms. The molecule has 0 radical (unpaired) electrons. The van der Waals surface area contributed by atoms with Gasteiger partial charge in [0, 0.05) is 36.5 Å². The third-order valence-corrected chi connectivity index (χ3v) is 4.55. The molecular weight excluding hydrogens is 368 g/mol. The number of nitriles is 1. The number of hydrogen-bond acceptors (Lipinski definition) is 6. The largest absolute Gasteiger partial charge is 0.370 e. The first-order chi connectivity index (χ1) is 14.1. The van der Waals surface area contributed by atoms with Gasteiger partial charge in [-0.15, -0.1) is 0 Å². The summed E-state index contributed by atoms with van der Waals surface area (Å²) in [6.45, 7) is 0.636. The summed E-state index contributed by atoms with van der Waals surface area (Å²) in [4.78, 5) is 14.9. The topological polar surface area (TPSA) is 110 Å². The van der Waals surface area contributed by atoms with Crippen LogP contribution in [0.5, 0.6) is 0 Å². The van der Waals surface area contributed by atoms with Gasteiger partial charge in [0.05, 0.1) is 27.8 Å². The third kappa shape index (κ3) is 3.89. The second kappa shape index (κ2) is 7.78. The third-order valence-electron chi connectivity index (χ3n) is 4.55. The summed E-state index contributed by atoms with van der Waals surface area (Å²) in [7, 11) is 0. The molecule has 1 N–H and O–H groups in total. The molecule has 0 amide bonds. The van der Waals surface area contributed by atoms with Crippen LogP contribution < -0.4 is 5.32 Å². The van der Waals surface area contributed by atoms with Crippen molar-refractivity contribution in [3.63, 3.8) is 0 Å². The summed E-state index contributed by atoms with van der Waals surface area (Å²) >= 11 is 0. The molecule has 4 rings (SSSR count). The Labute approximate surface area is 166 Å². The zero-order valence-electron chi connectivity index (χ0n) is 15.3. The minimum Gasteiger partial charge on any atom is -0.370 e. The summed E-state index contributed by atoms with van der Waals surface area (Å²) in [5, 5.41) is 28.3. The molecule has 0 aliphatic heterocycles. The summed E-state index contributed by atoms with van der Waals surface area (Å²) in [5.41, 5.74) is 2.99. The molecule has 0 saturated carbocycles. The molecule has 2 aromatic carbocycles. The van der Waals surface area contributed by atoms with Crippen LogP contribution in [-0.4, -0.2) is 26.2 Å². The van der Waals surface area contributed by atoms with E-state index < -0.39 is 4.92 Å². The second-order valence-corrected chi connectivity index (χ2v) is 6.42. The molecular formula is C21H16N6O2. The van der Waals surface area contributed by atoms with Gasteiger partial charge in [0.15, 0.2) is 0 Å². The molecule has 0 aliphatic carbocycles. The maximum Gasteiger partial charge on any atom is 0.270 e. The fourth-order valence-corrected chi connectivity index (χ4v) is 3.08. The van der Waals surface area contributed by atoms with Gasteiger partial charge in [-0.1, -0.05) is 12.1 Å². The van der Waals surface area contributed by atoms with E-state index in [0.29, 0.717) is 28.8 Å². The number of anilines is 1. The summed E-state index contributed by atoms with van der Waals surface area (Å²) in [6.07, 6.45) is 4.41. The van der Waals surface area contributed by atoms with Crippen LogP contribution in [0.25, 0.3) is 16.6 Å². The highest BCUT2D eigenvalue weighted by Crippen LogP contribution is 2.25. The van der Waals surface area contributed by atoms with Crippen LogP contribution in [-0.2, 0) is 6.42 Å². The van der Waals surface area contributed by atoms with Crippen molar-refractivity contribution in [1.29, 1.82) is 5.26 Å². The van der Waals surface area contributed by atoms with E-state index in [2.05, 4.69) is 21.5 Å². The predicted molar refractivity (Wildman–Crippen MR) is 109 cm³/mol. The number of nitro groups is 1. The fraction of sp³-hybridized carbons (Fsp3) is 0.0952. The van der Waals surface area contributed by atoms with Crippen LogP contribution in [0.3, 0.4) is 0 Å². The highest BCUT2D eigenvalue weighted by atomic mass is 16.6. The lowest BCUT2D eigenvalue weighted by Gasteiger charge is -2.09. The van der Waals surface area contributed by atoms with Gasteiger partial charge < -0.3 is 5.32 Å². The normalized spacial score (nSPS) is 10.6. The van der Waals surface area contributed by atoms with Gasteiger partial charge in [0.2, 0.25) is 0 Å². The van der Waals surface area contributed by atoms with Gasteiger partial charge in [-0.05, 0) is 42.3 Å². The Morgan fingerprint density at radius 2 is 2.00 bits per heavy atom. The Morgan fingerprint density at radius 3 is 2.69 bits per heavy atom. The van der Waals surface area contributed by atoms with Gasteiger partial charge in [-0.2, -0.15) is 10.4 Å². The molecule has 0 fully saturated rings. The molecule has 29 heavy (non-hydrogen) atoms. The van der Waals surface area contributed by atoms with E-state index in [1.54, 1.807) is 23.0 Å². The van der Waals surface area contributed by atoms with E-state index in [1.165, 1.54) is 12.1 Å². The zero-order chi connectivity index (χ0) is 20.2. The van der Waals surface area contributed by atoms with E-state index in [0.717, 1.165) is 17.7 Å². The van der Waals surface area contributed by atoms with Crippen LogP contribution in [0, 0.1) is 21.4 Å². The van der Waals surface area contributed by atoms with Crippen LogP contribution in [0.15, 0.2) is 67.0 Å². The Hall–Kier alpha value is -4.25. The highest BCUT2D eigenvalue weighted by molar-refractivity contribution is 5.88. The van der Waals surface area contributed by atoms with Crippen LogP contribution in [0.1, 0.15) is 11.1 Å². The zero-order valence-corrected chi connectivity index (χ0v) is 15.3. The standard InChI is InChI=1S/C21H16N6O2/c22-14-16-12-21(25-20-7-6-18(27(28)29)13-19(16)20)23-10-8-15-2-4-17(5-3-15)26-11-1-9-24-26/h1-7,9,11-13H,8,10H2,(H,23,25). The van der Waals surface area contributed by atoms with Crippen molar-refractivity contribution in [2.45, 2.75) is 6.42 Å². The van der Waals surface area contributed by atoms with Crippen LogP contribution in [0.4, 0.5) is 11.5 Å². The quantitative estimate of drug-likeness (QED) is 0.399. The Balaban J connectivity index is 1.46. The summed E-state index contributed by atoms with van der Waals surface area (Å²) in [5.74, 6) is 0.566. The number of hydrogen-bond donors (Lipinski definition) is 1. The number of rotatable bonds is 6. The first-order valence-electron chi connectivity index (χ1n) is 8.96. The molecule has 142 valence electrons. The van der Waals surface area contributed by atoms with Crippen molar-refractivity contribution in [3.05, 3.63) is 88.2 Å². The molecule has 0 aliphatic rings. The monoisotopic (exact) mass is 384 g/mol. The summed E-state index contributed by atoms with van der Waals surface area (Å²) in [6, 6.07) is 18.0. The number of nitrogens with one attached hydrogen (secondary N) is 1. The SMILES string of the molecule is N#Cc1cc(NCCc2ccc(-n3cccn3)cc2)nc2ccc([N+](=O)[O-])cc12. The molecule has 0 unspecified atom stereocenters. The smallest absolute Gasteiger partial charge is 0.270 e. The average molecular weight is 384 g/mol. The molecule has 8 heteroatoms. The Morgan fingerprint density at radius 1 is 1.17 bits per heavy atom. The van der Waals surface area contributed by atoms with E-state index in [-0.39, 0.29) is 5.69 Å². The van der Waals surface area contributed by atoms with Crippen molar-refractivity contribution in [2.24, 2.45) is 0 Å². The first kappa shape index (κ1) is 18.1. The average Bonchev–Trinajstić information content (AvgIpc) is 3.28. The van der Waals surface area contributed by atoms with E-state index in [9.17, 15) is 15.4 Å². The number of fused-ring (bicyclic) bond motifs is 1. The van der Waals surface area contributed by atoms with Crippen molar-refractivity contribution >= 4 is 22.4 Å². The van der Waals surface area contributed by atoms with E-state index in [1.807, 2.05) is 36.5 Å². The van der Waals surface area contributed by atoms with Gasteiger partial charge in [0.25, 0.3) is 5.69 Å². The van der Waals surface area contributed by atoms with Gasteiger partial charge in [-0.3, -0.25) is 10.1 Å². The fourth-order valence-electron chi connectivity index (χ4n) is 3.08. The lowest BCUT2D eigenvalue weighted by atomic mass is 10.1. The van der Waals surface area contributed by atoms with Gasteiger partial charge >= 0.3 is 0 Å². The Kier molecular flexibility index (Phi) is 4.86. The maximum absolute atomic E-state index is 11.0. The van der Waals surface area contributed by atoms with Crippen LogP contribution >= 0.6 is 0 Å². The predicted octanol–water partition coefficient (Wildman–Crippen LogP) is 3.85. The number of nitro benzene ring substituents is 1. The number of aromatic nitrogens is 3. The molecule has 8 nitrogen and oxygen atoms in total. The van der Waals surface area contributed by atoms with Crippen molar-refractivity contribution in [2.75, 3.05) is 11.9 Å². The van der Waals surface area contributed by atoms with Gasteiger partial charge in [-0.25, -0.2) is 9.67 Å².